The summed E-state index contributed by atoms with van der Waals surface area (Å²) in [7, 11) is 0. The van der Waals surface area contributed by atoms with Crippen molar-refractivity contribution in [2.75, 3.05) is 18.1 Å². The maximum absolute atomic E-state index is 9.96. The van der Waals surface area contributed by atoms with Crippen LogP contribution in [0.4, 0.5) is 0 Å². The molecule has 0 aromatic carbocycles. The molecule has 0 aromatic heterocycles. The maximum Gasteiger partial charge on any atom is 0.125 e. The molecule has 0 aliphatic carbocycles. The predicted molar refractivity (Wildman–Crippen MR) is 42.2 cm³/mol. The Bertz CT molecular complexity index is 169. The molecule has 3 nitrogen and oxygen atoms in total. The average molecular weight is 176 g/mol. The zero-order chi connectivity index (χ0) is 7.40. The van der Waals surface area contributed by atoms with Crippen molar-refractivity contribution in [3.63, 3.8) is 0 Å². The molecule has 5 heteroatoms. The summed E-state index contributed by atoms with van der Waals surface area (Å²) in [6.07, 6.45) is 0. The van der Waals surface area contributed by atoms with Crippen LogP contribution >= 0.6 is 23.5 Å². The van der Waals surface area contributed by atoms with E-state index in [2.05, 4.69) is 4.99 Å². The zero-order valence-electron chi connectivity index (χ0n) is 5.20. The number of carbonyl (C=O) groups is 1. The van der Waals surface area contributed by atoms with Crippen molar-refractivity contribution in [1.82, 2.24) is 0 Å². The number of carboxylic acid groups (broad SMARTS) is 1. The minimum atomic E-state index is -1.03. The molecule has 0 fully saturated rings. The van der Waals surface area contributed by atoms with Gasteiger partial charge < -0.3 is 9.90 Å². The quantitative estimate of drug-likeness (QED) is 0.573. The molecule has 0 unspecified atom stereocenters. The fourth-order valence-electron chi connectivity index (χ4n) is 0.524. The van der Waals surface area contributed by atoms with Crippen LogP contribution in [0, 0.1) is 0 Å². The van der Waals surface area contributed by atoms with Crippen molar-refractivity contribution in [2.24, 2.45) is 4.99 Å². The van der Waals surface area contributed by atoms with E-state index in [0.717, 1.165) is 16.7 Å². The second kappa shape index (κ2) is 3.88. The van der Waals surface area contributed by atoms with Gasteiger partial charge in [0.25, 0.3) is 0 Å². The number of hydrogen-bond acceptors (Lipinski definition) is 5. The topological polar surface area (TPSA) is 52.5 Å². The van der Waals surface area contributed by atoms with E-state index in [-0.39, 0.29) is 5.75 Å². The molecule has 0 saturated heterocycles. The summed E-state index contributed by atoms with van der Waals surface area (Å²) in [5.41, 5.74) is 0. The summed E-state index contributed by atoms with van der Waals surface area (Å²) < 4.78 is 0.879. The molecule has 0 bridgehead atoms. The Morgan fingerprint density at radius 2 is 2.70 bits per heavy atom. The van der Waals surface area contributed by atoms with Crippen molar-refractivity contribution in [3.8, 4) is 0 Å². The average Bonchev–Trinajstić information content (AvgIpc) is 2.34. The van der Waals surface area contributed by atoms with Gasteiger partial charge in [0.1, 0.15) is 4.38 Å². The van der Waals surface area contributed by atoms with E-state index in [4.69, 9.17) is 0 Å². The highest BCUT2D eigenvalue weighted by atomic mass is 32.2. The number of carbonyl (C=O) groups excluding carboxylic acids is 1. The van der Waals surface area contributed by atoms with Gasteiger partial charge in [-0.25, -0.2) is 0 Å². The fourth-order valence-corrected chi connectivity index (χ4v) is 2.25. The Balaban J connectivity index is 2.19. The Morgan fingerprint density at radius 3 is 3.20 bits per heavy atom. The monoisotopic (exact) mass is 176 g/mol. The van der Waals surface area contributed by atoms with Crippen molar-refractivity contribution in [2.45, 2.75) is 0 Å². The highest BCUT2D eigenvalue weighted by Gasteiger charge is 2.06. The molecule has 0 saturated carbocycles. The lowest BCUT2D eigenvalue weighted by atomic mass is 10.8. The molecule has 0 atom stereocenters. The van der Waals surface area contributed by atoms with E-state index in [1.54, 1.807) is 11.8 Å². The van der Waals surface area contributed by atoms with Crippen LogP contribution in [0.25, 0.3) is 0 Å². The maximum atomic E-state index is 9.96. The Morgan fingerprint density at radius 1 is 1.90 bits per heavy atom. The Labute approximate surface area is 67.3 Å². The predicted octanol–water partition coefficient (Wildman–Crippen LogP) is -0.428. The number of aliphatic carboxylic acids is 1. The summed E-state index contributed by atoms with van der Waals surface area (Å²) in [4.78, 5) is 14.0. The van der Waals surface area contributed by atoms with Crippen LogP contribution in [-0.2, 0) is 4.79 Å². The van der Waals surface area contributed by atoms with Gasteiger partial charge in [0.15, 0.2) is 0 Å². The van der Waals surface area contributed by atoms with Crippen molar-refractivity contribution >= 4 is 33.9 Å². The first-order chi connectivity index (χ1) is 4.79. The lowest BCUT2D eigenvalue weighted by Gasteiger charge is -1.99. The van der Waals surface area contributed by atoms with Crippen LogP contribution in [0.2, 0.25) is 0 Å². The molecule has 0 spiro atoms. The standard InChI is InChI=1S/C5H7NO2S2/c7-4(8)3-10-5-6-1-2-9-5/h1-3H2,(H,7,8)/p-1. The van der Waals surface area contributed by atoms with Gasteiger partial charge in [0.2, 0.25) is 0 Å². The van der Waals surface area contributed by atoms with E-state index in [1.165, 1.54) is 11.8 Å². The molecule has 0 amide bonds. The van der Waals surface area contributed by atoms with Crippen LogP contribution < -0.4 is 5.11 Å². The second-order valence-corrected chi connectivity index (χ2v) is 3.96. The summed E-state index contributed by atoms with van der Waals surface area (Å²) in [6.45, 7) is 0.819. The Kier molecular flexibility index (Phi) is 3.08. The normalized spacial score (nSPS) is 17.0. The highest BCUT2D eigenvalue weighted by Crippen LogP contribution is 2.21. The lowest BCUT2D eigenvalue weighted by Crippen LogP contribution is -2.24. The van der Waals surface area contributed by atoms with Gasteiger partial charge >= 0.3 is 0 Å². The van der Waals surface area contributed by atoms with Gasteiger partial charge in [0, 0.05) is 11.5 Å². The molecule has 1 aliphatic heterocycles. The molecule has 0 N–H and O–H groups in total. The van der Waals surface area contributed by atoms with Crippen molar-refractivity contribution in [1.29, 1.82) is 0 Å². The number of rotatable bonds is 2. The van der Waals surface area contributed by atoms with Crippen LogP contribution in [-0.4, -0.2) is 28.4 Å². The number of nitrogens with zero attached hydrogens (tertiary/aromatic N) is 1. The van der Waals surface area contributed by atoms with Crippen LogP contribution in [0.15, 0.2) is 4.99 Å². The number of hydrogen-bond donors (Lipinski definition) is 0. The third-order valence-corrected chi connectivity index (χ3v) is 3.10. The summed E-state index contributed by atoms with van der Waals surface area (Å²) >= 11 is 2.85. The van der Waals surface area contributed by atoms with Gasteiger partial charge in [-0.1, -0.05) is 23.5 Å². The summed E-state index contributed by atoms with van der Waals surface area (Å²) in [5, 5.41) is 9.96. The first-order valence-corrected chi connectivity index (χ1v) is 4.76. The second-order valence-electron chi connectivity index (χ2n) is 1.66. The highest BCUT2D eigenvalue weighted by molar-refractivity contribution is 8.39. The van der Waals surface area contributed by atoms with Crippen molar-refractivity contribution in [3.05, 3.63) is 0 Å². The zero-order valence-corrected chi connectivity index (χ0v) is 6.83. The minimum Gasteiger partial charge on any atom is -0.549 e. The van der Waals surface area contributed by atoms with Crippen LogP contribution in [0.3, 0.4) is 0 Å². The van der Waals surface area contributed by atoms with Gasteiger partial charge in [-0.05, 0) is 0 Å². The minimum absolute atomic E-state index is 0.0197. The first-order valence-electron chi connectivity index (χ1n) is 2.79. The van der Waals surface area contributed by atoms with Crippen LogP contribution in [0.1, 0.15) is 0 Å². The van der Waals surface area contributed by atoms with Crippen LogP contribution in [0.5, 0.6) is 0 Å². The molecule has 10 heavy (non-hydrogen) atoms. The lowest BCUT2D eigenvalue weighted by molar-refractivity contribution is -0.301. The fraction of sp³-hybridized carbons (Fsp3) is 0.600. The summed E-state index contributed by atoms with van der Waals surface area (Å²) in [6, 6.07) is 0. The van der Waals surface area contributed by atoms with Gasteiger partial charge in [-0.3, -0.25) is 4.99 Å². The molecule has 0 aromatic rings. The van der Waals surface area contributed by atoms with E-state index in [0.29, 0.717) is 0 Å². The number of carboxylic acids is 1. The number of aliphatic imine (C=N–C) groups is 1. The number of thioether (sulfide) groups is 2. The van der Waals surface area contributed by atoms with Gasteiger partial charge in [0.05, 0.1) is 12.5 Å². The van der Waals surface area contributed by atoms with E-state index in [9.17, 15) is 9.90 Å². The first kappa shape index (κ1) is 7.94. The van der Waals surface area contributed by atoms with E-state index in [1.807, 2.05) is 0 Å². The van der Waals surface area contributed by atoms with Crippen molar-refractivity contribution < 1.29 is 9.90 Å². The molecule has 0 radical (unpaired) electrons. The summed E-state index contributed by atoms with van der Waals surface area (Å²) in [5.74, 6) is -0.0264. The molecular formula is C5H6NO2S2-. The smallest absolute Gasteiger partial charge is 0.125 e. The van der Waals surface area contributed by atoms with E-state index < -0.39 is 5.97 Å². The molecule has 56 valence electrons. The molecule has 1 heterocycles. The molecular weight excluding hydrogens is 170 g/mol. The van der Waals surface area contributed by atoms with E-state index >= 15 is 0 Å². The molecule has 1 rings (SSSR count). The third-order valence-electron chi connectivity index (χ3n) is 0.871. The molecule has 1 aliphatic rings. The Hall–Kier alpha value is -0.160. The van der Waals surface area contributed by atoms with Gasteiger partial charge in [-0.2, -0.15) is 0 Å². The van der Waals surface area contributed by atoms with Gasteiger partial charge in [-0.15, -0.1) is 0 Å². The largest absolute Gasteiger partial charge is 0.549 e. The third kappa shape index (κ3) is 2.62. The SMILES string of the molecule is O=C([O-])CSC1=NCCS1.